The monoisotopic (exact) mass is 504 g/mol. The highest BCUT2D eigenvalue weighted by molar-refractivity contribution is 14.0. The van der Waals surface area contributed by atoms with Gasteiger partial charge in [-0.1, -0.05) is 23.7 Å². The van der Waals surface area contributed by atoms with Gasteiger partial charge >= 0.3 is 0 Å². The first-order valence-corrected chi connectivity index (χ1v) is 10.1. The Morgan fingerprint density at radius 1 is 1.23 bits per heavy atom. The molecular formula is C19H26ClIN4S. The van der Waals surface area contributed by atoms with Crippen molar-refractivity contribution in [2.24, 2.45) is 4.99 Å². The number of hydrogen-bond acceptors (Lipinski definition) is 3. The summed E-state index contributed by atoms with van der Waals surface area (Å²) >= 11 is 7.76. The number of piperidine rings is 1. The smallest absolute Gasteiger partial charge is 0.191 e. The quantitative estimate of drug-likeness (QED) is 0.351. The highest BCUT2D eigenvalue weighted by atomic mass is 127. The molecular weight excluding hydrogens is 479 g/mol. The maximum absolute atomic E-state index is 5.94. The van der Waals surface area contributed by atoms with Crippen LogP contribution in [0.4, 0.5) is 5.00 Å². The van der Waals surface area contributed by atoms with E-state index in [1.54, 1.807) is 0 Å². The number of nitrogens with zero attached hydrogens (tertiary/aromatic N) is 2. The third-order valence-electron chi connectivity index (χ3n) is 4.33. The molecule has 2 aromatic rings. The summed E-state index contributed by atoms with van der Waals surface area (Å²) in [7, 11) is 0. The van der Waals surface area contributed by atoms with Gasteiger partial charge in [-0.05, 0) is 55.0 Å². The van der Waals surface area contributed by atoms with E-state index in [1.165, 1.54) is 5.00 Å². The molecule has 0 unspecified atom stereocenters. The van der Waals surface area contributed by atoms with E-state index in [1.807, 2.05) is 35.6 Å². The van der Waals surface area contributed by atoms with E-state index >= 15 is 0 Å². The largest absolute Gasteiger partial charge is 0.363 e. The van der Waals surface area contributed by atoms with E-state index in [0.29, 0.717) is 12.6 Å². The van der Waals surface area contributed by atoms with Crippen molar-refractivity contribution in [2.75, 3.05) is 24.5 Å². The molecule has 1 saturated heterocycles. The first-order valence-electron chi connectivity index (χ1n) is 8.82. The Morgan fingerprint density at radius 3 is 2.58 bits per heavy atom. The third kappa shape index (κ3) is 6.32. The zero-order valence-electron chi connectivity index (χ0n) is 15.0. The second-order valence-electron chi connectivity index (χ2n) is 6.18. The Bertz CT molecular complexity index is 667. The molecule has 2 heterocycles. The van der Waals surface area contributed by atoms with Crippen LogP contribution in [0.2, 0.25) is 5.02 Å². The minimum absolute atomic E-state index is 0. The average Bonchev–Trinajstić information content (AvgIpc) is 3.16. The second-order valence-corrected chi connectivity index (χ2v) is 7.54. The minimum Gasteiger partial charge on any atom is -0.363 e. The summed E-state index contributed by atoms with van der Waals surface area (Å²) in [6, 6.07) is 12.7. The average molecular weight is 505 g/mol. The molecule has 4 nitrogen and oxygen atoms in total. The number of anilines is 1. The van der Waals surface area contributed by atoms with Crippen LogP contribution in [0.15, 0.2) is 46.8 Å². The summed E-state index contributed by atoms with van der Waals surface area (Å²) in [6.07, 6.45) is 2.26. The molecule has 0 radical (unpaired) electrons. The SMILES string of the molecule is CCNC(=NCc1ccc(Cl)cc1)NC1CCN(c2cccs2)CC1.I. The van der Waals surface area contributed by atoms with Gasteiger partial charge in [-0.15, -0.1) is 35.3 Å². The molecule has 0 aliphatic carbocycles. The normalized spacial score (nSPS) is 15.5. The number of hydrogen-bond donors (Lipinski definition) is 2. The van der Waals surface area contributed by atoms with Crippen molar-refractivity contribution in [1.82, 2.24) is 10.6 Å². The van der Waals surface area contributed by atoms with Gasteiger partial charge in [-0.2, -0.15) is 0 Å². The molecule has 3 rings (SSSR count). The van der Waals surface area contributed by atoms with Crippen molar-refractivity contribution in [1.29, 1.82) is 0 Å². The van der Waals surface area contributed by atoms with Crippen molar-refractivity contribution < 1.29 is 0 Å². The van der Waals surface area contributed by atoms with Gasteiger partial charge in [0.15, 0.2) is 5.96 Å². The topological polar surface area (TPSA) is 39.7 Å². The van der Waals surface area contributed by atoms with Gasteiger partial charge < -0.3 is 15.5 Å². The molecule has 0 bridgehead atoms. The van der Waals surface area contributed by atoms with Crippen molar-refractivity contribution in [3.8, 4) is 0 Å². The maximum atomic E-state index is 5.94. The lowest BCUT2D eigenvalue weighted by Gasteiger charge is -2.33. The molecule has 1 aromatic heterocycles. The third-order valence-corrected chi connectivity index (χ3v) is 5.51. The van der Waals surface area contributed by atoms with E-state index in [9.17, 15) is 0 Å². The Labute approximate surface area is 182 Å². The Hall–Kier alpha value is -0.990. The van der Waals surface area contributed by atoms with Gasteiger partial charge in [-0.3, -0.25) is 0 Å². The Kier molecular flexibility index (Phi) is 9.01. The van der Waals surface area contributed by atoms with Crippen LogP contribution in [0.3, 0.4) is 0 Å². The lowest BCUT2D eigenvalue weighted by atomic mass is 10.1. The zero-order chi connectivity index (χ0) is 17.5. The summed E-state index contributed by atoms with van der Waals surface area (Å²) in [5.41, 5.74) is 1.16. The van der Waals surface area contributed by atoms with Gasteiger partial charge in [0.25, 0.3) is 0 Å². The van der Waals surface area contributed by atoms with Gasteiger partial charge in [0, 0.05) is 30.7 Å². The fourth-order valence-electron chi connectivity index (χ4n) is 2.97. The highest BCUT2D eigenvalue weighted by Crippen LogP contribution is 2.24. The fraction of sp³-hybridized carbons (Fsp3) is 0.421. The van der Waals surface area contributed by atoms with Crippen LogP contribution >= 0.6 is 46.9 Å². The summed E-state index contributed by atoms with van der Waals surface area (Å²) in [6.45, 7) is 5.80. The highest BCUT2D eigenvalue weighted by Gasteiger charge is 2.20. The number of thiophene rings is 1. The van der Waals surface area contributed by atoms with Crippen molar-refractivity contribution in [3.63, 3.8) is 0 Å². The molecule has 1 aliphatic rings. The number of rotatable bonds is 5. The van der Waals surface area contributed by atoms with Crippen molar-refractivity contribution >= 4 is 57.9 Å². The molecule has 0 atom stereocenters. The van der Waals surface area contributed by atoms with Gasteiger partial charge in [0.1, 0.15) is 0 Å². The minimum atomic E-state index is 0. The fourth-order valence-corrected chi connectivity index (χ4v) is 3.88. The first-order chi connectivity index (χ1) is 12.2. The van der Waals surface area contributed by atoms with Gasteiger partial charge in [0.05, 0.1) is 11.5 Å². The molecule has 142 valence electrons. The zero-order valence-corrected chi connectivity index (χ0v) is 18.9. The summed E-state index contributed by atoms with van der Waals surface area (Å²) < 4.78 is 0. The predicted octanol–water partition coefficient (Wildman–Crippen LogP) is 4.74. The van der Waals surface area contributed by atoms with Crippen molar-refractivity contribution in [2.45, 2.75) is 32.4 Å². The number of nitrogens with one attached hydrogen (secondary N) is 2. The van der Waals surface area contributed by atoms with Crippen LogP contribution in [0, 0.1) is 0 Å². The molecule has 2 N–H and O–H groups in total. The summed E-state index contributed by atoms with van der Waals surface area (Å²) in [4.78, 5) is 7.19. The van der Waals surface area contributed by atoms with Crippen LogP contribution < -0.4 is 15.5 Å². The molecule has 1 aromatic carbocycles. The van der Waals surface area contributed by atoms with Crippen LogP contribution in [-0.4, -0.2) is 31.6 Å². The molecule has 0 spiro atoms. The Morgan fingerprint density at radius 2 is 1.96 bits per heavy atom. The van der Waals surface area contributed by atoms with Crippen LogP contribution in [0.5, 0.6) is 0 Å². The van der Waals surface area contributed by atoms with Crippen LogP contribution in [-0.2, 0) is 6.54 Å². The first kappa shape index (κ1) is 21.3. The van der Waals surface area contributed by atoms with E-state index in [-0.39, 0.29) is 24.0 Å². The summed E-state index contributed by atoms with van der Waals surface area (Å²) in [5, 5.41) is 11.2. The molecule has 7 heteroatoms. The van der Waals surface area contributed by atoms with Gasteiger partial charge in [-0.25, -0.2) is 4.99 Å². The molecule has 1 fully saturated rings. The number of halogens is 2. The number of guanidine groups is 1. The number of aliphatic imine (C=N–C) groups is 1. The van der Waals surface area contributed by atoms with Crippen LogP contribution in [0.1, 0.15) is 25.3 Å². The Balaban J connectivity index is 0.00000243. The molecule has 26 heavy (non-hydrogen) atoms. The standard InChI is InChI=1S/C19H25ClN4S.HI/c1-2-21-19(22-14-15-5-7-16(20)8-6-15)23-17-9-11-24(12-10-17)18-4-3-13-25-18;/h3-8,13,17H,2,9-12,14H2,1H3,(H2,21,22,23);1H. The van der Waals surface area contributed by atoms with Gasteiger partial charge in [0.2, 0.25) is 0 Å². The van der Waals surface area contributed by atoms with E-state index in [2.05, 4.69) is 40.0 Å². The van der Waals surface area contributed by atoms with E-state index in [4.69, 9.17) is 16.6 Å². The molecule has 0 amide bonds. The lowest BCUT2D eigenvalue weighted by molar-refractivity contribution is 0.463. The van der Waals surface area contributed by atoms with Crippen molar-refractivity contribution in [3.05, 3.63) is 52.4 Å². The second kappa shape index (κ2) is 11.0. The van der Waals surface area contributed by atoms with Crippen LogP contribution in [0.25, 0.3) is 0 Å². The van der Waals surface area contributed by atoms with E-state index < -0.39 is 0 Å². The summed E-state index contributed by atoms with van der Waals surface area (Å²) in [5.74, 6) is 0.895. The maximum Gasteiger partial charge on any atom is 0.191 e. The number of benzene rings is 1. The molecule has 1 aliphatic heterocycles. The predicted molar refractivity (Wildman–Crippen MR) is 124 cm³/mol. The van der Waals surface area contributed by atoms with E-state index in [0.717, 1.165) is 49.0 Å². The lowest BCUT2D eigenvalue weighted by Crippen LogP contribution is -2.48. The molecule has 0 saturated carbocycles.